The first-order chi connectivity index (χ1) is 5.15. The molecule has 0 saturated carbocycles. The highest BCUT2D eigenvalue weighted by Crippen LogP contribution is 2.08. The average molecular weight is 328 g/mol. The van der Waals surface area contributed by atoms with E-state index in [9.17, 15) is 4.79 Å². The lowest BCUT2D eigenvalue weighted by Gasteiger charge is -2.01. The Labute approximate surface area is 86.9 Å². The molecule has 2 nitrogen and oxygen atoms in total. The summed E-state index contributed by atoms with van der Waals surface area (Å²) in [6, 6.07) is 1.81. The predicted octanol–water partition coefficient (Wildman–Crippen LogP) is 2.24. The van der Waals surface area contributed by atoms with Crippen molar-refractivity contribution < 1.29 is 0 Å². The molecule has 0 saturated heterocycles. The lowest BCUT2D eigenvalue weighted by molar-refractivity contribution is 0.720. The first-order valence-electron chi connectivity index (χ1n) is 3.20. The van der Waals surface area contributed by atoms with E-state index in [1.54, 1.807) is 4.57 Å². The van der Waals surface area contributed by atoms with Gasteiger partial charge in [-0.1, -0.05) is 0 Å². The molecule has 0 atom stereocenters. The Bertz CT molecular complexity index is 321. The van der Waals surface area contributed by atoms with Gasteiger partial charge in [0, 0.05) is 16.3 Å². The molecule has 0 spiro atoms. The van der Waals surface area contributed by atoms with Crippen molar-refractivity contribution in [3.05, 3.63) is 30.7 Å². The van der Waals surface area contributed by atoms with Crippen LogP contribution in [0.5, 0.6) is 0 Å². The highest BCUT2D eigenvalue weighted by atomic mass is 127. The van der Waals surface area contributed by atoms with Gasteiger partial charge in [0.05, 0.1) is 4.47 Å². The molecular weight excluding hydrogens is 321 g/mol. The molecule has 0 aliphatic heterocycles. The first kappa shape index (κ1) is 9.25. The van der Waals surface area contributed by atoms with Crippen molar-refractivity contribution in [2.45, 2.75) is 13.5 Å². The summed E-state index contributed by atoms with van der Waals surface area (Å²) in [5, 5.41) is 0. The summed E-state index contributed by atoms with van der Waals surface area (Å²) < 4.78 is 3.37. The van der Waals surface area contributed by atoms with Gasteiger partial charge in [0.25, 0.3) is 5.56 Å². The van der Waals surface area contributed by atoms with Crippen LogP contribution in [0.3, 0.4) is 0 Å². The largest absolute Gasteiger partial charge is 0.314 e. The van der Waals surface area contributed by atoms with Crippen LogP contribution >= 0.6 is 38.5 Å². The topological polar surface area (TPSA) is 22.0 Å². The van der Waals surface area contributed by atoms with Crippen LogP contribution in [0.2, 0.25) is 0 Å². The van der Waals surface area contributed by atoms with Gasteiger partial charge in [-0.05, 0) is 51.5 Å². The number of aryl methyl sites for hydroxylation is 1. The number of hydrogen-bond donors (Lipinski definition) is 0. The van der Waals surface area contributed by atoms with Crippen LogP contribution in [0, 0.1) is 3.57 Å². The van der Waals surface area contributed by atoms with Crippen LogP contribution in [0.1, 0.15) is 6.92 Å². The summed E-state index contributed by atoms with van der Waals surface area (Å²) in [6.07, 6.45) is 1.84. The third-order valence-corrected chi connectivity index (χ3v) is 2.51. The molecule has 0 aliphatic carbocycles. The normalized spacial score (nSPS) is 10.1. The standard InChI is InChI=1S/C7H7BrINO/c1-2-10-4-5(9)3-6(8)7(10)11/h3-4H,2H2,1H3. The monoisotopic (exact) mass is 327 g/mol. The van der Waals surface area contributed by atoms with Gasteiger partial charge in [-0.2, -0.15) is 0 Å². The zero-order valence-electron chi connectivity index (χ0n) is 5.97. The minimum absolute atomic E-state index is 0.0351. The van der Waals surface area contributed by atoms with Crippen molar-refractivity contribution in [2.75, 3.05) is 0 Å². The smallest absolute Gasteiger partial charge is 0.264 e. The van der Waals surface area contributed by atoms with Crippen LogP contribution in [0.25, 0.3) is 0 Å². The molecule has 1 rings (SSSR count). The second kappa shape index (κ2) is 3.71. The summed E-state index contributed by atoms with van der Waals surface area (Å²) in [7, 11) is 0. The second-order valence-electron chi connectivity index (χ2n) is 2.10. The van der Waals surface area contributed by atoms with E-state index in [-0.39, 0.29) is 5.56 Å². The Balaban J connectivity index is 3.37. The van der Waals surface area contributed by atoms with Crippen LogP contribution in [0.15, 0.2) is 21.5 Å². The maximum atomic E-state index is 11.3. The molecule has 0 amide bonds. The minimum Gasteiger partial charge on any atom is -0.314 e. The van der Waals surface area contributed by atoms with Crippen molar-refractivity contribution in [2.24, 2.45) is 0 Å². The summed E-state index contributed by atoms with van der Waals surface area (Å²) in [6.45, 7) is 2.66. The van der Waals surface area contributed by atoms with Crippen molar-refractivity contribution in [1.29, 1.82) is 0 Å². The molecule has 11 heavy (non-hydrogen) atoms. The average Bonchev–Trinajstić information content (AvgIpc) is 1.96. The quantitative estimate of drug-likeness (QED) is 0.725. The fourth-order valence-corrected chi connectivity index (χ4v) is 2.35. The number of hydrogen-bond acceptors (Lipinski definition) is 1. The molecule has 0 bridgehead atoms. The molecule has 0 unspecified atom stereocenters. The van der Waals surface area contributed by atoms with Gasteiger partial charge in [-0.3, -0.25) is 4.79 Å². The van der Waals surface area contributed by atoms with E-state index in [4.69, 9.17) is 0 Å². The highest BCUT2D eigenvalue weighted by molar-refractivity contribution is 14.1. The SMILES string of the molecule is CCn1cc(I)cc(Br)c1=O. The maximum absolute atomic E-state index is 11.3. The lowest BCUT2D eigenvalue weighted by Crippen LogP contribution is -2.19. The van der Waals surface area contributed by atoms with Gasteiger partial charge in [0.15, 0.2) is 0 Å². The summed E-state index contributed by atoms with van der Waals surface area (Å²) in [4.78, 5) is 11.3. The van der Waals surface area contributed by atoms with E-state index in [0.29, 0.717) is 11.0 Å². The highest BCUT2D eigenvalue weighted by Gasteiger charge is 1.99. The van der Waals surface area contributed by atoms with Crippen LogP contribution in [-0.4, -0.2) is 4.57 Å². The summed E-state index contributed by atoms with van der Waals surface area (Å²) >= 11 is 5.38. The van der Waals surface area contributed by atoms with Gasteiger partial charge in [0.2, 0.25) is 0 Å². The number of halogens is 2. The van der Waals surface area contributed by atoms with E-state index in [1.807, 2.05) is 19.2 Å². The molecule has 0 N–H and O–H groups in total. The van der Waals surface area contributed by atoms with E-state index in [0.717, 1.165) is 3.57 Å². The molecule has 1 aromatic rings. The Morgan fingerprint density at radius 3 is 2.91 bits per heavy atom. The number of aromatic nitrogens is 1. The van der Waals surface area contributed by atoms with Crippen molar-refractivity contribution in [3.63, 3.8) is 0 Å². The van der Waals surface area contributed by atoms with Gasteiger partial charge in [0.1, 0.15) is 0 Å². The third kappa shape index (κ3) is 2.05. The number of rotatable bonds is 1. The van der Waals surface area contributed by atoms with Gasteiger partial charge in [-0.15, -0.1) is 0 Å². The fourth-order valence-electron chi connectivity index (χ4n) is 0.800. The Kier molecular flexibility index (Phi) is 3.12. The first-order valence-corrected chi connectivity index (χ1v) is 5.08. The second-order valence-corrected chi connectivity index (χ2v) is 4.20. The van der Waals surface area contributed by atoms with Crippen molar-refractivity contribution >= 4 is 38.5 Å². The molecule has 1 aromatic heterocycles. The Morgan fingerprint density at radius 2 is 2.36 bits per heavy atom. The van der Waals surface area contributed by atoms with Crippen molar-refractivity contribution in [3.8, 4) is 0 Å². The Hall–Kier alpha value is 0.160. The molecule has 4 heteroatoms. The zero-order valence-corrected chi connectivity index (χ0v) is 9.72. The summed E-state index contributed by atoms with van der Waals surface area (Å²) in [5.74, 6) is 0. The van der Waals surface area contributed by atoms with Gasteiger partial charge in [-0.25, -0.2) is 0 Å². The molecule has 60 valence electrons. The number of nitrogens with zero attached hydrogens (tertiary/aromatic N) is 1. The Morgan fingerprint density at radius 1 is 1.73 bits per heavy atom. The molecule has 0 aliphatic rings. The fraction of sp³-hybridized carbons (Fsp3) is 0.286. The molecule has 0 radical (unpaired) electrons. The number of pyridine rings is 1. The lowest BCUT2D eigenvalue weighted by atomic mass is 10.5. The molecule has 1 heterocycles. The zero-order chi connectivity index (χ0) is 8.43. The van der Waals surface area contributed by atoms with Gasteiger partial charge >= 0.3 is 0 Å². The van der Waals surface area contributed by atoms with Gasteiger partial charge < -0.3 is 4.57 Å². The molecule has 0 fully saturated rings. The van der Waals surface area contributed by atoms with Crippen LogP contribution < -0.4 is 5.56 Å². The third-order valence-electron chi connectivity index (χ3n) is 1.35. The van der Waals surface area contributed by atoms with Crippen LogP contribution in [0.4, 0.5) is 0 Å². The van der Waals surface area contributed by atoms with E-state index in [2.05, 4.69) is 38.5 Å². The van der Waals surface area contributed by atoms with Crippen molar-refractivity contribution in [1.82, 2.24) is 4.57 Å². The minimum atomic E-state index is 0.0351. The van der Waals surface area contributed by atoms with E-state index in [1.165, 1.54) is 0 Å². The summed E-state index contributed by atoms with van der Waals surface area (Å²) in [5.41, 5.74) is 0.0351. The predicted molar refractivity (Wildman–Crippen MR) is 56.8 cm³/mol. The maximum Gasteiger partial charge on any atom is 0.264 e. The van der Waals surface area contributed by atoms with Crippen LogP contribution in [-0.2, 0) is 6.54 Å². The van der Waals surface area contributed by atoms with E-state index < -0.39 is 0 Å². The molecule has 0 aromatic carbocycles. The van der Waals surface area contributed by atoms with E-state index >= 15 is 0 Å². The molecular formula is C7H7BrINO.